The number of halogens is 4. The molecule has 0 aliphatic rings. The van der Waals surface area contributed by atoms with Crippen LogP contribution in [0.1, 0.15) is 10.4 Å². The number of hydrogen-bond acceptors (Lipinski definition) is 5. The van der Waals surface area contributed by atoms with Gasteiger partial charge in [0.05, 0.1) is 29.0 Å². The first kappa shape index (κ1) is 33.6. The molecule has 0 saturated carbocycles. The lowest BCUT2D eigenvalue weighted by molar-refractivity contribution is -0.115. The summed E-state index contributed by atoms with van der Waals surface area (Å²) < 4.78 is 1.82. The molecule has 41 heavy (non-hydrogen) atoms. The van der Waals surface area contributed by atoms with Gasteiger partial charge in [-0.05, 0) is 42.5 Å². The third-order valence-corrected chi connectivity index (χ3v) is 6.23. The number of nitrogens with one attached hydrogen (secondary N) is 5. The van der Waals surface area contributed by atoms with E-state index < -0.39 is 0 Å². The van der Waals surface area contributed by atoms with Gasteiger partial charge in [0, 0.05) is 55.0 Å². The number of amides is 2. The number of anilines is 3. The molecule has 0 aliphatic carbocycles. The number of carbonyl (C=O) groups excluding carboxylic acids is 2. The van der Waals surface area contributed by atoms with Gasteiger partial charge in [0.2, 0.25) is 5.91 Å². The molecular weight excluding hydrogens is 612 g/mol. The Balaban J connectivity index is 0.00000294. The quantitative estimate of drug-likeness (QED) is 0.0810. The van der Waals surface area contributed by atoms with Gasteiger partial charge in [-0.1, -0.05) is 6.07 Å². The fourth-order valence-electron chi connectivity index (χ4n) is 4.08. The number of aromatic amines is 1. The normalized spacial score (nSPS) is 10.3. The van der Waals surface area contributed by atoms with E-state index in [9.17, 15) is 9.59 Å². The molecule has 11 nitrogen and oxygen atoms in total. The van der Waals surface area contributed by atoms with Gasteiger partial charge in [0.25, 0.3) is 5.91 Å². The maximum atomic E-state index is 13.0. The van der Waals surface area contributed by atoms with Crippen LogP contribution in [0.4, 0.5) is 17.1 Å². The molecule has 0 bridgehead atoms. The van der Waals surface area contributed by atoms with Gasteiger partial charge in [-0.3, -0.25) is 15.0 Å². The third kappa shape index (κ3) is 8.67. The SMILES string of the molecule is Cl.Cl.Cn1cc(NC(=O)CNC(=N)N)cc1-c1nc2cc(C(=O)Nc3cccc(N(CCCl)CCCl)c3)ccc2[nH]1. The fourth-order valence-corrected chi connectivity index (χ4v) is 4.48. The van der Waals surface area contributed by atoms with E-state index in [2.05, 4.69) is 30.8 Å². The standard InChI is InChI=1S/C26H29Cl2N9O2.2ClH/c1-36-15-18(32-23(38)14-31-26(29)30)13-22(36)24-34-20-6-5-16(11-21(20)35-24)25(39)33-17-3-2-4-19(12-17)37(9-7-27)10-8-28;;/h2-6,11-13,15H,7-10,14H2,1H3,(H,32,38)(H,33,39)(H,34,35)(H4,29,30,31);2*1H. The first-order valence-corrected chi connectivity index (χ1v) is 13.2. The fraction of sp³-hybridized carbons (Fsp3) is 0.231. The van der Waals surface area contributed by atoms with Crippen molar-refractivity contribution >= 4 is 93.9 Å². The number of aryl methyl sites for hydroxylation is 1. The Bertz CT molecular complexity index is 1500. The zero-order valence-electron chi connectivity index (χ0n) is 22.0. The molecule has 0 saturated heterocycles. The second-order valence-corrected chi connectivity index (χ2v) is 9.48. The summed E-state index contributed by atoms with van der Waals surface area (Å²) >= 11 is 11.9. The van der Waals surface area contributed by atoms with Crippen LogP contribution in [0, 0.1) is 5.41 Å². The zero-order chi connectivity index (χ0) is 27.9. The summed E-state index contributed by atoms with van der Waals surface area (Å²) in [5, 5.41) is 15.3. The van der Waals surface area contributed by atoms with Gasteiger partial charge < -0.3 is 36.1 Å². The minimum absolute atomic E-state index is 0. The third-order valence-electron chi connectivity index (χ3n) is 5.89. The summed E-state index contributed by atoms with van der Waals surface area (Å²) in [7, 11) is 1.83. The maximum Gasteiger partial charge on any atom is 0.255 e. The molecule has 0 unspecified atom stereocenters. The molecule has 220 valence electrons. The molecule has 0 aliphatic heterocycles. The molecule has 0 atom stereocenters. The smallest absolute Gasteiger partial charge is 0.255 e. The lowest BCUT2D eigenvalue weighted by atomic mass is 10.1. The summed E-state index contributed by atoms with van der Waals surface area (Å²) in [6.07, 6.45) is 1.75. The first-order chi connectivity index (χ1) is 18.8. The zero-order valence-corrected chi connectivity index (χ0v) is 25.2. The Morgan fingerprint density at radius 3 is 2.46 bits per heavy atom. The van der Waals surface area contributed by atoms with Crippen LogP contribution in [0.2, 0.25) is 0 Å². The van der Waals surface area contributed by atoms with Gasteiger partial charge >= 0.3 is 0 Å². The monoisotopic (exact) mass is 641 g/mol. The second kappa shape index (κ2) is 15.4. The van der Waals surface area contributed by atoms with E-state index in [-0.39, 0.29) is 49.1 Å². The number of carbonyl (C=O) groups is 2. The molecule has 0 radical (unpaired) electrons. The van der Waals surface area contributed by atoms with Crippen LogP contribution in [0.25, 0.3) is 22.6 Å². The summed E-state index contributed by atoms with van der Waals surface area (Å²) in [6.45, 7) is 1.18. The van der Waals surface area contributed by atoms with Crippen molar-refractivity contribution in [2.45, 2.75) is 0 Å². The van der Waals surface area contributed by atoms with Crippen LogP contribution in [-0.2, 0) is 11.8 Å². The molecule has 0 spiro atoms. The van der Waals surface area contributed by atoms with Crippen LogP contribution in [0.3, 0.4) is 0 Å². The van der Waals surface area contributed by atoms with Crippen molar-refractivity contribution < 1.29 is 9.59 Å². The van der Waals surface area contributed by atoms with Crippen molar-refractivity contribution in [1.82, 2.24) is 19.9 Å². The topological polar surface area (TPSA) is 157 Å². The summed E-state index contributed by atoms with van der Waals surface area (Å²) in [5.74, 6) is 0.645. The van der Waals surface area contributed by atoms with E-state index in [1.165, 1.54) is 0 Å². The van der Waals surface area contributed by atoms with Crippen LogP contribution >= 0.6 is 48.0 Å². The molecule has 4 aromatic rings. The van der Waals surface area contributed by atoms with E-state index in [0.29, 0.717) is 53.1 Å². The Labute approximate surface area is 259 Å². The van der Waals surface area contributed by atoms with Crippen molar-refractivity contribution in [3.63, 3.8) is 0 Å². The predicted molar refractivity (Wildman–Crippen MR) is 172 cm³/mol. The molecule has 15 heteroatoms. The average molecular weight is 643 g/mol. The van der Waals surface area contributed by atoms with Gasteiger partial charge in [-0.2, -0.15) is 0 Å². The van der Waals surface area contributed by atoms with Crippen molar-refractivity contribution in [3.05, 3.63) is 60.3 Å². The number of guanidine groups is 1. The Kier molecular flexibility index (Phi) is 12.6. The van der Waals surface area contributed by atoms with Gasteiger partial charge in [0.15, 0.2) is 11.8 Å². The molecule has 2 aromatic carbocycles. The van der Waals surface area contributed by atoms with Crippen LogP contribution in [0.15, 0.2) is 54.7 Å². The van der Waals surface area contributed by atoms with Crippen molar-refractivity contribution in [2.24, 2.45) is 12.8 Å². The molecule has 2 heterocycles. The Morgan fingerprint density at radius 1 is 1.05 bits per heavy atom. The minimum Gasteiger partial charge on any atom is -0.370 e. The molecule has 2 amide bonds. The van der Waals surface area contributed by atoms with Crippen LogP contribution < -0.4 is 26.6 Å². The van der Waals surface area contributed by atoms with Crippen LogP contribution in [-0.4, -0.2) is 63.7 Å². The number of imidazole rings is 1. The number of rotatable bonds is 11. The Hall–Kier alpha value is -3.64. The van der Waals surface area contributed by atoms with E-state index in [1.54, 1.807) is 30.5 Å². The summed E-state index contributed by atoms with van der Waals surface area (Å²) in [4.78, 5) is 35.1. The maximum absolute atomic E-state index is 13.0. The van der Waals surface area contributed by atoms with Crippen LogP contribution in [0.5, 0.6) is 0 Å². The lowest BCUT2D eigenvalue weighted by Gasteiger charge is -2.23. The molecular formula is C26H31Cl4N9O2. The number of alkyl halides is 2. The highest BCUT2D eigenvalue weighted by atomic mass is 35.5. The number of nitrogens with zero attached hydrogens (tertiary/aromatic N) is 3. The van der Waals surface area contributed by atoms with Crippen molar-refractivity contribution in [3.8, 4) is 11.5 Å². The van der Waals surface area contributed by atoms with Gasteiger partial charge in [-0.25, -0.2) is 4.98 Å². The highest BCUT2D eigenvalue weighted by molar-refractivity contribution is 6.18. The number of hydrogen-bond donors (Lipinski definition) is 6. The summed E-state index contributed by atoms with van der Waals surface area (Å²) in [5.41, 5.74) is 9.96. The van der Waals surface area contributed by atoms with Gasteiger partial charge in [-0.15, -0.1) is 48.0 Å². The summed E-state index contributed by atoms with van der Waals surface area (Å²) in [6, 6.07) is 14.6. The average Bonchev–Trinajstić information content (AvgIpc) is 3.49. The molecule has 4 rings (SSSR count). The molecule has 7 N–H and O–H groups in total. The lowest BCUT2D eigenvalue weighted by Crippen LogP contribution is -2.36. The number of nitrogens with two attached hydrogens (primary N) is 1. The van der Waals surface area contributed by atoms with E-state index in [1.807, 2.05) is 35.9 Å². The second-order valence-electron chi connectivity index (χ2n) is 8.73. The Morgan fingerprint density at radius 2 is 1.78 bits per heavy atom. The predicted octanol–water partition coefficient (Wildman–Crippen LogP) is 4.37. The minimum atomic E-state index is -0.334. The molecule has 2 aromatic heterocycles. The number of fused-ring (bicyclic) bond motifs is 1. The largest absolute Gasteiger partial charge is 0.370 e. The van der Waals surface area contributed by atoms with Gasteiger partial charge in [0.1, 0.15) is 0 Å². The number of benzene rings is 2. The number of H-pyrrole nitrogens is 1. The first-order valence-electron chi connectivity index (χ1n) is 12.1. The van der Waals surface area contributed by atoms with Crippen molar-refractivity contribution in [1.29, 1.82) is 5.41 Å². The van der Waals surface area contributed by atoms with E-state index in [0.717, 1.165) is 16.9 Å². The highest BCUT2D eigenvalue weighted by Crippen LogP contribution is 2.26. The highest BCUT2D eigenvalue weighted by Gasteiger charge is 2.15. The number of aromatic nitrogens is 3. The van der Waals surface area contributed by atoms with Crippen molar-refractivity contribution in [2.75, 3.05) is 46.9 Å². The van der Waals surface area contributed by atoms with E-state index >= 15 is 0 Å². The molecule has 0 fully saturated rings. The van der Waals surface area contributed by atoms with E-state index in [4.69, 9.17) is 34.3 Å².